The fourth-order valence-corrected chi connectivity index (χ4v) is 1.05. The van der Waals surface area contributed by atoms with Gasteiger partial charge in [-0.1, -0.05) is 0 Å². The van der Waals surface area contributed by atoms with Gasteiger partial charge in [-0.05, 0) is 25.1 Å². The highest BCUT2D eigenvalue weighted by atomic mass is 19.4. The summed E-state index contributed by atoms with van der Waals surface area (Å²) in [4.78, 5) is 10.8. The number of Topliss-reactive ketones (excluding diaryl/α,β-unsaturated/α-hetero) is 1. The van der Waals surface area contributed by atoms with Crippen molar-refractivity contribution in [1.82, 2.24) is 0 Å². The zero-order chi connectivity index (χ0) is 10.9. The molecule has 14 heavy (non-hydrogen) atoms. The maximum Gasteiger partial charge on any atom is 0.417 e. The average molecular weight is 206 g/mol. The minimum Gasteiger partial charge on any atom is -0.294 e. The quantitative estimate of drug-likeness (QED) is 0.509. The Hall–Kier alpha value is -1.39. The molecule has 0 aliphatic heterocycles. The van der Waals surface area contributed by atoms with E-state index in [0.717, 1.165) is 6.92 Å². The van der Waals surface area contributed by atoms with Crippen LogP contribution in [0.4, 0.5) is 17.6 Å². The van der Waals surface area contributed by atoms with Crippen molar-refractivity contribution in [1.29, 1.82) is 0 Å². The molecule has 0 unspecified atom stereocenters. The summed E-state index contributed by atoms with van der Waals surface area (Å²) in [6.45, 7) is 0.962. The van der Waals surface area contributed by atoms with Crippen molar-refractivity contribution in [2.75, 3.05) is 0 Å². The first kappa shape index (κ1) is 10.7. The van der Waals surface area contributed by atoms with Crippen LogP contribution in [0, 0.1) is 5.82 Å². The van der Waals surface area contributed by atoms with Crippen molar-refractivity contribution >= 4 is 5.78 Å². The van der Waals surface area contributed by atoms with Gasteiger partial charge < -0.3 is 0 Å². The van der Waals surface area contributed by atoms with Gasteiger partial charge in [-0.2, -0.15) is 13.2 Å². The predicted molar refractivity (Wildman–Crippen MR) is 41.4 cm³/mol. The first-order chi connectivity index (χ1) is 6.32. The Balaban J connectivity index is 3.37. The largest absolute Gasteiger partial charge is 0.417 e. The van der Waals surface area contributed by atoms with E-state index >= 15 is 0 Å². The smallest absolute Gasteiger partial charge is 0.294 e. The minimum atomic E-state index is -4.63. The molecule has 0 aromatic heterocycles. The molecule has 0 aliphatic carbocycles. The van der Waals surface area contributed by atoms with Crippen molar-refractivity contribution in [2.24, 2.45) is 0 Å². The molecule has 0 aliphatic rings. The number of halogens is 4. The molecule has 1 aromatic rings. The highest BCUT2D eigenvalue weighted by Gasteiger charge is 2.34. The van der Waals surface area contributed by atoms with Crippen molar-refractivity contribution in [3.05, 3.63) is 35.1 Å². The topological polar surface area (TPSA) is 17.1 Å². The molecule has 0 fully saturated rings. The number of carbonyl (C=O) groups is 1. The van der Waals surface area contributed by atoms with E-state index in [2.05, 4.69) is 0 Å². The molecule has 0 atom stereocenters. The number of benzene rings is 1. The Labute approximate surface area is 77.3 Å². The van der Waals surface area contributed by atoms with Crippen LogP contribution in [0.5, 0.6) is 0 Å². The van der Waals surface area contributed by atoms with Gasteiger partial charge in [0, 0.05) is 5.56 Å². The average Bonchev–Trinajstić information content (AvgIpc) is 2.01. The van der Waals surface area contributed by atoms with Crippen LogP contribution in [0.3, 0.4) is 0 Å². The highest BCUT2D eigenvalue weighted by molar-refractivity contribution is 5.95. The molecular weight excluding hydrogens is 200 g/mol. The fraction of sp³-hybridized carbons (Fsp3) is 0.222. The SMILES string of the molecule is CC(=O)c1cc(F)ccc1C(F)(F)F. The van der Waals surface area contributed by atoms with Crippen LogP contribution in [-0.4, -0.2) is 5.78 Å². The van der Waals surface area contributed by atoms with E-state index in [0.29, 0.717) is 18.2 Å². The Kier molecular flexibility index (Phi) is 2.59. The monoisotopic (exact) mass is 206 g/mol. The third-order valence-corrected chi connectivity index (χ3v) is 1.67. The Morgan fingerprint density at radius 2 is 1.86 bits per heavy atom. The van der Waals surface area contributed by atoms with Gasteiger partial charge in [-0.15, -0.1) is 0 Å². The van der Waals surface area contributed by atoms with E-state index in [1.807, 2.05) is 0 Å². The minimum absolute atomic E-state index is 0.562. The number of carbonyl (C=O) groups excluding carboxylic acids is 1. The van der Waals surface area contributed by atoms with Gasteiger partial charge in [-0.3, -0.25) is 4.79 Å². The van der Waals surface area contributed by atoms with E-state index in [1.165, 1.54) is 0 Å². The zero-order valence-electron chi connectivity index (χ0n) is 7.15. The number of ketones is 1. The van der Waals surface area contributed by atoms with E-state index in [1.54, 1.807) is 0 Å². The van der Waals surface area contributed by atoms with Gasteiger partial charge in [0.2, 0.25) is 0 Å². The highest BCUT2D eigenvalue weighted by Crippen LogP contribution is 2.32. The Morgan fingerprint density at radius 1 is 1.29 bits per heavy atom. The van der Waals surface area contributed by atoms with Crippen LogP contribution < -0.4 is 0 Å². The van der Waals surface area contributed by atoms with Crippen LogP contribution in [0.15, 0.2) is 18.2 Å². The number of hydrogen-bond donors (Lipinski definition) is 0. The second kappa shape index (κ2) is 3.40. The van der Waals surface area contributed by atoms with E-state index in [9.17, 15) is 22.4 Å². The van der Waals surface area contributed by atoms with Crippen LogP contribution in [-0.2, 0) is 6.18 Å². The molecular formula is C9H6F4O. The molecule has 0 heterocycles. The van der Waals surface area contributed by atoms with Crippen LogP contribution in [0.25, 0.3) is 0 Å². The van der Waals surface area contributed by atoms with Crippen molar-refractivity contribution in [3.63, 3.8) is 0 Å². The van der Waals surface area contributed by atoms with Crippen LogP contribution in [0.2, 0.25) is 0 Å². The Morgan fingerprint density at radius 3 is 2.29 bits per heavy atom. The van der Waals surface area contributed by atoms with Gasteiger partial charge in [0.15, 0.2) is 5.78 Å². The van der Waals surface area contributed by atoms with Gasteiger partial charge in [0.1, 0.15) is 5.82 Å². The normalized spacial score (nSPS) is 11.5. The molecule has 0 amide bonds. The fourth-order valence-electron chi connectivity index (χ4n) is 1.05. The summed E-state index contributed by atoms with van der Waals surface area (Å²) >= 11 is 0. The van der Waals surface area contributed by atoms with Crippen molar-refractivity contribution in [3.8, 4) is 0 Å². The number of alkyl halides is 3. The summed E-state index contributed by atoms with van der Waals surface area (Å²) in [5.41, 5.74) is -1.75. The van der Waals surface area contributed by atoms with Crippen LogP contribution >= 0.6 is 0 Å². The number of rotatable bonds is 1. The molecule has 1 rings (SSSR count). The van der Waals surface area contributed by atoms with E-state index in [-0.39, 0.29) is 0 Å². The lowest BCUT2D eigenvalue weighted by molar-refractivity contribution is -0.137. The van der Waals surface area contributed by atoms with Crippen molar-refractivity contribution in [2.45, 2.75) is 13.1 Å². The van der Waals surface area contributed by atoms with E-state index in [4.69, 9.17) is 0 Å². The molecule has 0 spiro atoms. The van der Waals surface area contributed by atoms with E-state index < -0.39 is 28.9 Å². The molecule has 0 N–H and O–H groups in total. The maximum absolute atomic E-state index is 12.6. The predicted octanol–water partition coefficient (Wildman–Crippen LogP) is 3.05. The molecule has 0 bridgehead atoms. The standard InChI is InChI=1S/C9H6F4O/c1-5(14)7-4-6(10)2-3-8(7)9(11,12)13/h2-4H,1H3. The van der Waals surface area contributed by atoms with Crippen molar-refractivity contribution < 1.29 is 22.4 Å². The third-order valence-electron chi connectivity index (χ3n) is 1.67. The maximum atomic E-state index is 12.6. The van der Waals surface area contributed by atoms with Gasteiger partial charge in [0.05, 0.1) is 5.56 Å². The second-order valence-electron chi connectivity index (χ2n) is 2.74. The van der Waals surface area contributed by atoms with Gasteiger partial charge in [-0.25, -0.2) is 4.39 Å². The molecule has 0 radical (unpaired) electrons. The first-order valence-corrected chi connectivity index (χ1v) is 3.70. The lowest BCUT2D eigenvalue weighted by atomic mass is 10.0. The van der Waals surface area contributed by atoms with Crippen LogP contribution in [0.1, 0.15) is 22.8 Å². The first-order valence-electron chi connectivity index (χ1n) is 3.70. The Bertz CT molecular complexity index is 368. The third kappa shape index (κ3) is 2.10. The summed E-state index contributed by atoms with van der Waals surface area (Å²) in [7, 11) is 0. The number of hydrogen-bond acceptors (Lipinski definition) is 1. The zero-order valence-corrected chi connectivity index (χ0v) is 7.15. The summed E-state index contributed by atoms with van der Waals surface area (Å²) in [5, 5.41) is 0. The summed E-state index contributed by atoms with van der Waals surface area (Å²) in [5.74, 6) is -1.67. The van der Waals surface area contributed by atoms with Gasteiger partial charge in [0.25, 0.3) is 0 Å². The molecule has 0 saturated heterocycles. The molecule has 5 heteroatoms. The molecule has 0 saturated carbocycles. The lowest BCUT2D eigenvalue weighted by Crippen LogP contribution is -2.11. The summed E-state index contributed by atoms with van der Waals surface area (Å²) < 4.78 is 49.4. The summed E-state index contributed by atoms with van der Waals surface area (Å²) in [6.07, 6.45) is -4.63. The molecule has 1 aromatic carbocycles. The molecule has 1 nitrogen and oxygen atoms in total. The summed E-state index contributed by atoms with van der Waals surface area (Å²) in [6, 6.07) is 1.83. The second-order valence-corrected chi connectivity index (χ2v) is 2.74. The molecule has 76 valence electrons. The van der Waals surface area contributed by atoms with Gasteiger partial charge >= 0.3 is 6.18 Å². The lowest BCUT2D eigenvalue weighted by Gasteiger charge is -2.10.